The van der Waals surface area contributed by atoms with Crippen LogP contribution in [0.15, 0.2) is 34.6 Å². The second kappa shape index (κ2) is 10.0. The SMILES string of the molecule is CCCCCCCCc1ccc(C(/C=N\O)=N/O)cc1. The first-order valence-corrected chi connectivity index (χ1v) is 7.30. The van der Waals surface area contributed by atoms with Gasteiger partial charge < -0.3 is 10.4 Å². The molecule has 4 nitrogen and oxygen atoms in total. The van der Waals surface area contributed by atoms with Crippen LogP contribution in [0, 0.1) is 0 Å². The van der Waals surface area contributed by atoms with E-state index in [-0.39, 0.29) is 5.71 Å². The Morgan fingerprint density at radius 1 is 1.00 bits per heavy atom. The zero-order valence-corrected chi connectivity index (χ0v) is 12.1. The molecule has 0 saturated heterocycles. The van der Waals surface area contributed by atoms with Crippen molar-refractivity contribution in [3.05, 3.63) is 35.4 Å². The Labute approximate surface area is 120 Å². The molecule has 0 saturated carbocycles. The van der Waals surface area contributed by atoms with E-state index < -0.39 is 0 Å². The molecule has 0 unspecified atom stereocenters. The molecule has 0 aliphatic carbocycles. The van der Waals surface area contributed by atoms with Crippen LogP contribution in [0.1, 0.15) is 56.6 Å². The Morgan fingerprint density at radius 2 is 1.65 bits per heavy atom. The van der Waals surface area contributed by atoms with E-state index in [1.165, 1.54) is 44.1 Å². The zero-order chi connectivity index (χ0) is 14.6. The first-order valence-electron chi connectivity index (χ1n) is 7.30. The second-order valence-electron chi connectivity index (χ2n) is 4.94. The first kappa shape index (κ1) is 16.2. The molecule has 1 aromatic rings. The highest BCUT2D eigenvalue weighted by Crippen LogP contribution is 2.11. The Morgan fingerprint density at radius 3 is 2.25 bits per heavy atom. The van der Waals surface area contributed by atoms with Crippen LogP contribution in [0.4, 0.5) is 0 Å². The molecular weight excluding hydrogens is 252 g/mol. The fourth-order valence-corrected chi connectivity index (χ4v) is 2.16. The van der Waals surface area contributed by atoms with Gasteiger partial charge in [-0.1, -0.05) is 73.6 Å². The molecule has 1 aromatic carbocycles. The van der Waals surface area contributed by atoms with E-state index in [4.69, 9.17) is 10.4 Å². The molecule has 2 N–H and O–H groups in total. The first-order chi connectivity index (χ1) is 9.81. The van der Waals surface area contributed by atoms with Crippen molar-refractivity contribution in [1.29, 1.82) is 0 Å². The summed E-state index contributed by atoms with van der Waals surface area (Å²) in [6, 6.07) is 7.81. The number of oxime groups is 2. The third kappa shape index (κ3) is 5.87. The molecule has 4 heteroatoms. The van der Waals surface area contributed by atoms with Crippen LogP contribution < -0.4 is 0 Å². The van der Waals surface area contributed by atoms with Crippen LogP contribution in [-0.4, -0.2) is 22.3 Å². The smallest absolute Gasteiger partial charge is 0.131 e. The maximum Gasteiger partial charge on any atom is 0.131 e. The van der Waals surface area contributed by atoms with Gasteiger partial charge in [0.15, 0.2) is 0 Å². The normalized spacial score (nSPS) is 12.2. The second-order valence-corrected chi connectivity index (χ2v) is 4.94. The molecule has 0 fully saturated rings. The minimum absolute atomic E-state index is 0.249. The molecule has 0 aromatic heterocycles. The van der Waals surface area contributed by atoms with Crippen molar-refractivity contribution in [3.63, 3.8) is 0 Å². The lowest BCUT2D eigenvalue weighted by Crippen LogP contribution is -2.02. The lowest BCUT2D eigenvalue weighted by molar-refractivity contribution is 0.316. The highest BCUT2D eigenvalue weighted by Gasteiger charge is 2.02. The third-order valence-electron chi connectivity index (χ3n) is 3.36. The number of hydrogen-bond donors (Lipinski definition) is 2. The van der Waals surface area contributed by atoms with Gasteiger partial charge in [-0.2, -0.15) is 0 Å². The highest BCUT2D eigenvalue weighted by molar-refractivity contribution is 6.37. The summed E-state index contributed by atoms with van der Waals surface area (Å²) in [7, 11) is 0. The monoisotopic (exact) mass is 276 g/mol. The summed E-state index contributed by atoms with van der Waals surface area (Å²) < 4.78 is 0. The topological polar surface area (TPSA) is 65.2 Å². The largest absolute Gasteiger partial charge is 0.411 e. The zero-order valence-electron chi connectivity index (χ0n) is 12.1. The number of benzene rings is 1. The Bertz CT molecular complexity index is 425. The van der Waals surface area contributed by atoms with Gasteiger partial charge in [-0.15, -0.1) is 0 Å². The van der Waals surface area contributed by atoms with Crippen molar-refractivity contribution in [2.24, 2.45) is 10.3 Å². The van der Waals surface area contributed by atoms with Crippen molar-refractivity contribution >= 4 is 11.9 Å². The van der Waals surface area contributed by atoms with Crippen molar-refractivity contribution in [2.45, 2.75) is 51.9 Å². The molecule has 0 radical (unpaired) electrons. The molecule has 1 rings (SSSR count). The fraction of sp³-hybridized carbons (Fsp3) is 0.500. The van der Waals surface area contributed by atoms with Gasteiger partial charge in [-0.05, 0) is 18.4 Å². The van der Waals surface area contributed by atoms with E-state index in [2.05, 4.69) is 17.2 Å². The van der Waals surface area contributed by atoms with Crippen LogP contribution in [0.3, 0.4) is 0 Å². The van der Waals surface area contributed by atoms with Gasteiger partial charge in [0.2, 0.25) is 0 Å². The average Bonchev–Trinajstić information content (AvgIpc) is 2.49. The number of rotatable bonds is 9. The van der Waals surface area contributed by atoms with Crippen LogP contribution in [0.5, 0.6) is 0 Å². The van der Waals surface area contributed by atoms with Crippen molar-refractivity contribution in [2.75, 3.05) is 0 Å². The lowest BCUT2D eigenvalue weighted by atomic mass is 10.0. The van der Waals surface area contributed by atoms with E-state index in [1.54, 1.807) is 0 Å². The summed E-state index contributed by atoms with van der Waals surface area (Å²) in [6.07, 6.45) is 9.96. The van der Waals surface area contributed by atoms with E-state index in [1.807, 2.05) is 24.3 Å². The van der Waals surface area contributed by atoms with E-state index >= 15 is 0 Å². The van der Waals surface area contributed by atoms with Crippen LogP contribution in [0.25, 0.3) is 0 Å². The van der Waals surface area contributed by atoms with Gasteiger partial charge in [-0.3, -0.25) is 0 Å². The van der Waals surface area contributed by atoms with Crippen molar-refractivity contribution in [1.82, 2.24) is 0 Å². The molecule has 0 spiro atoms. The van der Waals surface area contributed by atoms with Gasteiger partial charge in [0.1, 0.15) is 5.71 Å². The standard InChI is InChI=1S/C16H24N2O2/c1-2-3-4-5-6-7-8-14-9-11-15(12-10-14)16(18-20)13-17-19/h9-13,19-20H,2-8H2,1H3/b17-13-,18-16+. The van der Waals surface area contributed by atoms with Gasteiger partial charge in [0, 0.05) is 5.56 Å². The van der Waals surface area contributed by atoms with Crippen molar-refractivity contribution in [3.8, 4) is 0 Å². The van der Waals surface area contributed by atoms with E-state index in [0.29, 0.717) is 0 Å². The number of hydrogen-bond acceptors (Lipinski definition) is 4. The minimum Gasteiger partial charge on any atom is -0.411 e. The summed E-state index contributed by atoms with van der Waals surface area (Å²) in [5, 5.41) is 23.2. The Balaban J connectivity index is 2.39. The van der Waals surface area contributed by atoms with Gasteiger partial charge in [0.05, 0.1) is 6.21 Å². The molecule has 0 aliphatic heterocycles. The minimum atomic E-state index is 0.249. The van der Waals surface area contributed by atoms with Gasteiger partial charge in [-0.25, -0.2) is 0 Å². The number of unbranched alkanes of at least 4 members (excludes halogenated alkanes) is 5. The lowest BCUT2D eigenvalue weighted by Gasteiger charge is -2.04. The maximum atomic E-state index is 8.81. The summed E-state index contributed by atoms with van der Waals surface area (Å²) in [6.45, 7) is 2.23. The van der Waals surface area contributed by atoms with Gasteiger partial charge in [0.25, 0.3) is 0 Å². The summed E-state index contributed by atoms with van der Waals surface area (Å²) in [4.78, 5) is 0. The summed E-state index contributed by atoms with van der Waals surface area (Å²) >= 11 is 0. The van der Waals surface area contributed by atoms with Gasteiger partial charge >= 0.3 is 0 Å². The summed E-state index contributed by atoms with van der Waals surface area (Å²) in [5.74, 6) is 0. The molecule has 0 amide bonds. The predicted octanol–water partition coefficient (Wildman–Crippen LogP) is 4.23. The van der Waals surface area contributed by atoms with E-state index in [0.717, 1.165) is 18.2 Å². The quantitative estimate of drug-likeness (QED) is 0.307. The molecule has 0 aliphatic rings. The maximum absolute atomic E-state index is 8.81. The van der Waals surface area contributed by atoms with E-state index in [9.17, 15) is 0 Å². The molecule has 20 heavy (non-hydrogen) atoms. The van der Waals surface area contributed by atoms with Crippen LogP contribution >= 0.6 is 0 Å². The molecule has 0 bridgehead atoms. The highest BCUT2D eigenvalue weighted by atomic mass is 16.4. The molecule has 0 atom stereocenters. The molecular formula is C16H24N2O2. The number of nitrogens with zero attached hydrogens (tertiary/aromatic N) is 2. The van der Waals surface area contributed by atoms with Crippen molar-refractivity contribution < 1.29 is 10.4 Å². The molecule has 0 heterocycles. The summed E-state index contributed by atoms with van der Waals surface area (Å²) in [5.41, 5.74) is 2.26. The number of aryl methyl sites for hydroxylation is 1. The van der Waals surface area contributed by atoms with Crippen LogP contribution in [-0.2, 0) is 6.42 Å². The predicted molar refractivity (Wildman–Crippen MR) is 82.1 cm³/mol. The Kier molecular flexibility index (Phi) is 8.11. The van der Waals surface area contributed by atoms with Crippen LogP contribution in [0.2, 0.25) is 0 Å². The Hall–Kier alpha value is -1.84. The fourth-order valence-electron chi connectivity index (χ4n) is 2.16. The third-order valence-corrected chi connectivity index (χ3v) is 3.36. The average molecular weight is 276 g/mol. The molecule has 110 valence electrons.